The molecule has 1 fully saturated rings. The Labute approximate surface area is 138 Å². The standard InChI is InChI=1S/C16H26N2OS.ClH/c1-13-12-17-10-9-15(13)18-16(19)8-4-2-3-6-14-7-5-11-20-14;/h5,7,11,13,15,17H,2-4,6,8-10,12H2,1H3,(H,18,19);1H. The Bertz CT molecular complexity index is 397. The van der Waals surface area contributed by atoms with Crippen LogP contribution in [0.25, 0.3) is 0 Å². The molecule has 0 bridgehead atoms. The second kappa shape index (κ2) is 10.2. The van der Waals surface area contributed by atoms with Crippen molar-refractivity contribution in [2.45, 2.75) is 51.5 Å². The van der Waals surface area contributed by atoms with Crippen LogP contribution in [0.15, 0.2) is 17.5 Å². The number of halogens is 1. The lowest BCUT2D eigenvalue weighted by atomic mass is 9.95. The van der Waals surface area contributed by atoms with Crippen LogP contribution in [-0.2, 0) is 11.2 Å². The lowest BCUT2D eigenvalue weighted by molar-refractivity contribution is -0.122. The number of thiophene rings is 1. The minimum atomic E-state index is 0. The third kappa shape index (κ3) is 6.81. The van der Waals surface area contributed by atoms with E-state index in [0.29, 0.717) is 18.4 Å². The summed E-state index contributed by atoms with van der Waals surface area (Å²) in [6, 6.07) is 4.67. The quantitative estimate of drug-likeness (QED) is 0.752. The van der Waals surface area contributed by atoms with E-state index in [2.05, 4.69) is 35.1 Å². The van der Waals surface area contributed by atoms with Gasteiger partial charge in [0, 0.05) is 17.3 Å². The minimum Gasteiger partial charge on any atom is -0.353 e. The predicted molar refractivity (Wildman–Crippen MR) is 92.3 cm³/mol. The van der Waals surface area contributed by atoms with E-state index < -0.39 is 0 Å². The van der Waals surface area contributed by atoms with E-state index in [-0.39, 0.29) is 18.3 Å². The van der Waals surface area contributed by atoms with Gasteiger partial charge in [-0.1, -0.05) is 19.4 Å². The number of unbranched alkanes of at least 4 members (excludes halogenated alkanes) is 2. The fourth-order valence-corrected chi connectivity index (χ4v) is 3.48. The molecule has 5 heteroatoms. The summed E-state index contributed by atoms with van der Waals surface area (Å²) in [5.74, 6) is 0.784. The molecule has 1 saturated heterocycles. The van der Waals surface area contributed by atoms with Gasteiger partial charge in [0.05, 0.1) is 0 Å². The number of piperidine rings is 1. The van der Waals surface area contributed by atoms with Gasteiger partial charge in [-0.3, -0.25) is 4.79 Å². The van der Waals surface area contributed by atoms with Gasteiger partial charge in [-0.15, -0.1) is 23.7 Å². The lowest BCUT2D eigenvalue weighted by Crippen LogP contribution is -2.48. The van der Waals surface area contributed by atoms with Gasteiger partial charge >= 0.3 is 0 Å². The normalized spacial score (nSPS) is 21.6. The van der Waals surface area contributed by atoms with Crippen molar-refractivity contribution in [1.82, 2.24) is 10.6 Å². The number of amides is 1. The van der Waals surface area contributed by atoms with Crippen molar-refractivity contribution in [2.75, 3.05) is 13.1 Å². The Morgan fingerprint density at radius 1 is 1.43 bits per heavy atom. The predicted octanol–water partition coefficient (Wildman–Crippen LogP) is 3.39. The van der Waals surface area contributed by atoms with Gasteiger partial charge in [0.2, 0.25) is 5.91 Å². The molecule has 0 spiro atoms. The van der Waals surface area contributed by atoms with E-state index in [9.17, 15) is 4.79 Å². The minimum absolute atomic E-state index is 0. The number of hydrogen-bond donors (Lipinski definition) is 2. The summed E-state index contributed by atoms with van der Waals surface area (Å²) >= 11 is 1.83. The highest BCUT2D eigenvalue weighted by Crippen LogP contribution is 2.14. The lowest BCUT2D eigenvalue weighted by Gasteiger charge is -2.30. The smallest absolute Gasteiger partial charge is 0.220 e. The number of carbonyl (C=O) groups is 1. The van der Waals surface area contributed by atoms with Gasteiger partial charge in [-0.25, -0.2) is 0 Å². The second-order valence-electron chi connectivity index (χ2n) is 5.78. The van der Waals surface area contributed by atoms with E-state index in [1.807, 2.05) is 11.3 Å². The molecule has 2 atom stereocenters. The molecule has 0 aliphatic carbocycles. The van der Waals surface area contributed by atoms with Crippen LogP contribution in [0.4, 0.5) is 0 Å². The first-order valence-electron chi connectivity index (χ1n) is 7.78. The van der Waals surface area contributed by atoms with Crippen molar-refractivity contribution < 1.29 is 4.79 Å². The summed E-state index contributed by atoms with van der Waals surface area (Å²) < 4.78 is 0. The Morgan fingerprint density at radius 2 is 2.29 bits per heavy atom. The average Bonchev–Trinajstić information content (AvgIpc) is 2.94. The van der Waals surface area contributed by atoms with Crippen LogP contribution >= 0.6 is 23.7 Å². The van der Waals surface area contributed by atoms with Gasteiger partial charge in [-0.05, 0) is 56.1 Å². The molecule has 2 heterocycles. The zero-order valence-corrected chi connectivity index (χ0v) is 14.4. The van der Waals surface area contributed by atoms with Gasteiger partial charge in [0.25, 0.3) is 0 Å². The Morgan fingerprint density at radius 3 is 3.00 bits per heavy atom. The molecule has 1 aromatic rings. The van der Waals surface area contributed by atoms with Crippen LogP contribution in [-0.4, -0.2) is 25.0 Å². The highest BCUT2D eigenvalue weighted by Gasteiger charge is 2.22. The molecule has 3 nitrogen and oxygen atoms in total. The Kier molecular flexibility index (Phi) is 8.97. The van der Waals surface area contributed by atoms with Gasteiger partial charge in [-0.2, -0.15) is 0 Å². The number of rotatable bonds is 7. The topological polar surface area (TPSA) is 41.1 Å². The Balaban J connectivity index is 0.00000220. The van der Waals surface area contributed by atoms with E-state index in [4.69, 9.17) is 0 Å². The molecule has 21 heavy (non-hydrogen) atoms. The SMILES string of the molecule is CC1CNCCC1NC(=O)CCCCCc1cccs1.Cl. The van der Waals surface area contributed by atoms with E-state index in [1.165, 1.54) is 11.3 Å². The van der Waals surface area contributed by atoms with Crippen LogP contribution in [0.3, 0.4) is 0 Å². The molecule has 1 aliphatic rings. The van der Waals surface area contributed by atoms with Crippen LogP contribution in [0.5, 0.6) is 0 Å². The van der Waals surface area contributed by atoms with Crippen LogP contribution in [0.2, 0.25) is 0 Å². The molecule has 2 rings (SSSR count). The van der Waals surface area contributed by atoms with Crippen molar-refractivity contribution in [1.29, 1.82) is 0 Å². The first-order valence-corrected chi connectivity index (χ1v) is 8.66. The highest BCUT2D eigenvalue weighted by atomic mass is 35.5. The van der Waals surface area contributed by atoms with Gasteiger partial charge in [0.15, 0.2) is 0 Å². The fourth-order valence-electron chi connectivity index (χ4n) is 2.72. The van der Waals surface area contributed by atoms with E-state index in [0.717, 1.165) is 38.8 Å². The van der Waals surface area contributed by atoms with Crippen LogP contribution < -0.4 is 10.6 Å². The van der Waals surface area contributed by atoms with E-state index >= 15 is 0 Å². The molecule has 0 saturated carbocycles. The maximum Gasteiger partial charge on any atom is 0.220 e. The molecule has 1 aliphatic heterocycles. The first-order chi connectivity index (χ1) is 9.75. The molecular weight excluding hydrogens is 304 g/mol. The van der Waals surface area contributed by atoms with Gasteiger partial charge < -0.3 is 10.6 Å². The van der Waals surface area contributed by atoms with E-state index in [1.54, 1.807) is 0 Å². The maximum atomic E-state index is 11.9. The van der Waals surface area contributed by atoms with Crippen molar-refractivity contribution in [3.63, 3.8) is 0 Å². The van der Waals surface area contributed by atoms with Crippen LogP contribution in [0, 0.1) is 5.92 Å². The summed E-state index contributed by atoms with van der Waals surface area (Å²) in [5.41, 5.74) is 0. The number of aryl methyl sites for hydroxylation is 1. The Hall–Kier alpha value is -0.580. The molecule has 1 amide bonds. The number of carbonyl (C=O) groups excluding carboxylic acids is 1. The van der Waals surface area contributed by atoms with Crippen molar-refractivity contribution in [3.05, 3.63) is 22.4 Å². The van der Waals surface area contributed by atoms with Crippen LogP contribution in [0.1, 0.15) is 43.9 Å². The molecular formula is C16H27ClN2OS. The summed E-state index contributed by atoms with van der Waals surface area (Å²) in [6.45, 7) is 4.25. The summed E-state index contributed by atoms with van der Waals surface area (Å²) in [5, 5.41) is 8.68. The molecule has 0 radical (unpaired) electrons. The average molecular weight is 331 g/mol. The third-order valence-corrected chi connectivity index (χ3v) is 4.97. The molecule has 120 valence electrons. The highest BCUT2D eigenvalue weighted by molar-refractivity contribution is 7.09. The monoisotopic (exact) mass is 330 g/mol. The van der Waals surface area contributed by atoms with Crippen molar-refractivity contribution in [2.24, 2.45) is 5.92 Å². The fraction of sp³-hybridized carbons (Fsp3) is 0.688. The van der Waals surface area contributed by atoms with Crippen molar-refractivity contribution >= 4 is 29.7 Å². The molecule has 2 unspecified atom stereocenters. The zero-order valence-electron chi connectivity index (χ0n) is 12.8. The zero-order chi connectivity index (χ0) is 14.2. The third-order valence-electron chi connectivity index (χ3n) is 4.04. The largest absolute Gasteiger partial charge is 0.353 e. The first kappa shape index (κ1) is 18.5. The van der Waals surface area contributed by atoms with Gasteiger partial charge in [0.1, 0.15) is 0 Å². The summed E-state index contributed by atoms with van der Waals surface area (Å²) in [4.78, 5) is 13.4. The molecule has 2 N–H and O–H groups in total. The number of hydrogen-bond acceptors (Lipinski definition) is 3. The van der Waals surface area contributed by atoms with Crippen molar-refractivity contribution in [3.8, 4) is 0 Å². The second-order valence-corrected chi connectivity index (χ2v) is 6.82. The molecule has 1 aromatic heterocycles. The summed E-state index contributed by atoms with van der Waals surface area (Å²) in [6.07, 6.45) is 6.25. The number of nitrogens with one attached hydrogen (secondary N) is 2. The maximum absolute atomic E-state index is 11.9. The summed E-state index contributed by atoms with van der Waals surface area (Å²) in [7, 11) is 0. The molecule has 0 aromatic carbocycles.